The van der Waals surface area contributed by atoms with Crippen LogP contribution in [0.2, 0.25) is 0 Å². The first-order valence-corrected chi connectivity index (χ1v) is 12.9. The molecule has 0 unspecified atom stereocenters. The van der Waals surface area contributed by atoms with E-state index in [0.717, 1.165) is 16.1 Å². The van der Waals surface area contributed by atoms with Gasteiger partial charge in [0.15, 0.2) is 17.3 Å². The number of likely N-dealkylation sites (N-methyl/N-ethyl adjacent to an activating group) is 1. The zero-order chi connectivity index (χ0) is 25.3. The summed E-state index contributed by atoms with van der Waals surface area (Å²) in [5.74, 6) is 0.591. The number of ether oxygens (including phenoxy) is 4. The molecular formula is C27H30N2O6S. The van der Waals surface area contributed by atoms with Crippen LogP contribution in [0, 0.1) is 0 Å². The van der Waals surface area contributed by atoms with Gasteiger partial charge in [0.2, 0.25) is 0 Å². The van der Waals surface area contributed by atoms with Crippen molar-refractivity contribution in [2.45, 2.75) is 30.4 Å². The zero-order valence-electron chi connectivity index (χ0n) is 20.7. The van der Waals surface area contributed by atoms with Gasteiger partial charge < -0.3 is 28.7 Å². The largest absolute Gasteiger partial charge is 0.493 e. The van der Waals surface area contributed by atoms with Crippen LogP contribution in [0.1, 0.15) is 35.7 Å². The van der Waals surface area contributed by atoms with Gasteiger partial charge in [-0.1, -0.05) is 17.8 Å². The second-order valence-corrected chi connectivity index (χ2v) is 9.98. The van der Waals surface area contributed by atoms with Crippen LogP contribution in [0.4, 0.5) is 5.69 Å². The van der Waals surface area contributed by atoms with E-state index in [1.807, 2.05) is 54.3 Å². The maximum absolute atomic E-state index is 13.2. The van der Waals surface area contributed by atoms with Crippen molar-refractivity contribution in [1.82, 2.24) is 4.90 Å². The van der Waals surface area contributed by atoms with E-state index in [2.05, 4.69) is 0 Å². The van der Waals surface area contributed by atoms with Gasteiger partial charge in [-0.2, -0.15) is 0 Å². The van der Waals surface area contributed by atoms with Crippen LogP contribution in [-0.4, -0.2) is 69.6 Å². The molecule has 2 aromatic rings. The number of piperidine rings is 1. The minimum Gasteiger partial charge on any atom is -0.493 e. The first-order valence-electron chi connectivity index (χ1n) is 12.1. The van der Waals surface area contributed by atoms with E-state index in [0.29, 0.717) is 67.7 Å². The number of hydrogen-bond donors (Lipinski definition) is 0. The van der Waals surface area contributed by atoms with E-state index in [1.165, 1.54) is 11.8 Å². The van der Waals surface area contributed by atoms with Crippen molar-refractivity contribution in [3.8, 4) is 11.5 Å². The maximum atomic E-state index is 13.2. The number of benzene rings is 2. The number of amides is 2. The molecule has 0 saturated carbocycles. The number of likely N-dealkylation sites (tertiary alicyclic amines) is 1. The topological polar surface area (TPSA) is 77.5 Å². The van der Waals surface area contributed by atoms with Crippen molar-refractivity contribution >= 4 is 35.3 Å². The SMILES string of the molecule is CCOc1ccc(/C=C2/Sc3ccc(C(=O)N4CCC5(CC4)OCCO5)cc3N(C)C2=O)cc1OC. The number of fused-ring (bicyclic) bond motifs is 1. The Labute approximate surface area is 215 Å². The van der Waals surface area contributed by atoms with Crippen LogP contribution in [-0.2, 0) is 14.3 Å². The Hall–Kier alpha value is -3.01. The molecule has 0 aliphatic carbocycles. The molecule has 0 aromatic heterocycles. The number of hydrogen-bond acceptors (Lipinski definition) is 7. The molecule has 3 aliphatic heterocycles. The molecule has 36 heavy (non-hydrogen) atoms. The summed E-state index contributed by atoms with van der Waals surface area (Å²) in [6.45, 7) is 4.84. The highest BCUT2D eigenvalue weighted by Gasteiger charge is 2.41. The van der Waals surface area contributed by atoms with Crippen LogP contribution < -0.4 is 14.4 Å². The average molecular weight is 511 g/mol. The highest BCUT2D eigenvalue weighted by Crippen LogP contribution is 2.43. The fourth-order valence-electron chi connectivity index (χ4n) is 4.75. The second-order valence-electron chi connectivity index (χ2n) is 8.90. The van der Waals surface area contributed by atoms with Crippen molar-refractivity contribution in [1.29, 1.82) is 0 Å². The molecule has 3 heterocycles. The molecule has 5 rings (SSSR count). The maximum Gasteiger partial charge on any atom is 0.264 e. The van der Waals surface area contributed by atoms with Crippen LogP contribution >= 0.6 is 11.8 Å². The highest BCUT2D eigenvalue weighted by molar-refractivity contribution is 8.04. The first-order chi connectivity index (χ1) is 17.4. The minimum atomic E-state index is -0.522. The summed E-state index contributed by atoms with van der Waals surface area (Å²) in [4.78, 5) is 31.4. The second kappa shape index (κ2) is 10.2. The van der Waals surface area contributed by atoms with E-state index in [-0.39, 0.29) is 11.8 Å². The Balaban J connectivity index is 1.34. The third-order valence-corrected chi connectivity index (χ3v) is 7.79. The fourth-order valence-corrected chi connectivity index (χ4v) is 5.84. The van der Waals surface area contributed by atoms with Crippen molar-refractivity contribution < 1.29 is 28.5 Å². The number of anilines is 1. The Bertz CT molecular complexity index is 1200. The summed E-state index contributed by atoms with van der Waals surface area (Å²) in [5, 5.41) is 0. The van der Waals surface area contributed by atoms with E-state index in [4.69, 9.17) is 18.9 Å². The fraction of sp³-hybridized carbons (Fsp3) is 0.407. The van der Waals surface area contributed by atoms with Crippen LogP contribution in [0.25, 0.3) is 6.08 Å². The number of nitrogens with zero attached hydrogens (tertiary/aromatic N) is 2. The molecule has 0 bridgehead atoms. The number of carbonyl (C=O) groups is 2. The molecule has 2 aromatic carbocycles. The third-order valence-electron chi connectivity index (χ3n) is 6.71. The lowest BCUT2D eigenvalue weighted by molar-refractivity contribution is -0.181. The highest BCUT2D eigenvalue weighted by atomic mass is 32.2. The number of rotatable bonds is 5. The summed E-state index contributed by atoms with van der Waals surface area (Å²) in [6.07, 6.45) is 3.19. The predicted molar refractivity (Wildman–Crippen MR) is 138 cm³/mol. The van der Waals surface area contributed by atoms with Gasteiger partial charge in [0.25, 0.3) is 11.8 Å². The Kier molecular flexibility index (Phi) is 6.96. The number of methoxy groups -OCH3 is 1. The molecule has 2 amide bonds. The quantitative estimate of drug-likeness (QED) is 0.559. The van der Waals surface area contributed by atoms with Crippen molar-refractivity contribution in [3.05, 3.63) is 52.4 Å². The molecule has 3 aliphatic rings. The molecule has 2 saturated heterocycles. The molecule has 9 heteroatoms. The monoisotopic (exact) mass is 510 g/mol. The Morgan fingerprint density at radius 3 is 2.56 bits per heavy atom. The standard InChI is InChI=1S/C27H30N2O6S/c1-4-33-21-7-5-18(15-22(21)32-3)16-24-26(31)28(2)20-17-19(6-8-23(20)36-24)25(30)29-11-9-27(10-12-29)34-13-14-35-27/h5-8,15-17H,4,9-14H2,1-3H3/b24-16+. The van der Waals surface area contributed by atoms with E-state index in [1.54, 1.807) is 19.1 Å². The molecular weight excluding hydrogens is 480 g/mol. The van der Waals surface area contributed by atoms with Gasteiger partial charge in [-0.25, -0.2) is 0 Å². The van der Waals surface area contributed by atoms with Crippen molar-refractivity contribution in [2.24, 2.45) is 0 Å². The lowest BCUT2D eigenvalue weighted by Gasteiger charge is -2.37. The lowest BCUT2D eigenvalue weighted by Crippen LogP contribution is -2.47. The number of carbonyl (C=O) groups excluding carboxylic acids is 2. The van der Waals surface area contributed by atoms with Crippen LogP contribution in [0.3, 0.4) is 0 Å². The minimum absolute atomic E-state index is 0.0423. The molecule has 2 fully saturated rings. The van der Waals surface area contributed by atoms with Gasteiger partial charge in [-0.05, 0) is 48.9 Å². The lowest BCUT2D eigenvalue weighted by atomic mass is 10.0. The van der Waals surface area contributed by atoms with Gasteiger partial charge in [0, 0.05) is 43.4 Å². The smallest absolute Gasteiger partial charge is 0.264 e. The van der Waals surface area contributed by atoms with Crippen molar-refractivity contribution in [3.63, 3.8) is 0 Å². The first kappa shape index (κ1) is 24.7. The van der Waals surface area contributed by atoms with Gasteiger partial charge in [0.05, 0.1) is 37.5 Å². The van der Waals surface area contributed by atoms with E-state index >= 15 is 0 Å². The molecule has 0 radical (unpaired) electrons. The average Bonchev–Trinajstić information content (AvgIpc) is 3.35. The summed E-state index contributed by atoms with van der Waals surface area (Å²) < 4.78 is 22.6. The summed E-state index contributed by atoms with van der Waals surface area (Å²) >= 11 is 1.40. The van der Waals surface area contributed by atoms with Crippen LogP contribution in [0.15, 0.2) is 46.2 Å². The van der Waals surface area contributed by atoms with Crippen LogP contribution in [0.5, 0.6) is 11.5 Å². The van der Waals surface area contributed by atoms with E-state index < -0.39 is 5.79 Å². The predicted octanol–water partition coefficient (Wildman–Crippen LogP) is 4.18. The van der Waals surface area contributed by atoms with Gasteiger partial charge in [-0.3, -0.25) is 9.59 Å². The van der Waals surface area contributed by atoms with Gasteiger partial charge in [-0.15, -0.1) is 0 Å². The summed E-state index contributed by atoms with van der Waals surface area (Å²) in [6, 6.07) is 11.2. The van der Waals surface area contributed by atoms with Gasteiger partial charge >= 0.3 is 0 Å². The summed E-state index contributed by atoms with van der Waals surface area (Å²) in [5.41, 5.74) is 2.14. The normalized spacial score (nSPS) is 20.1. The number of thioether (sulfide) groups is 1. The van der Waals surface area contributed by atoms with Gasteiger partial charge in [0.1, 0.15) is 0 Å². The third kappa shape index (κ3) is 4.70. The van der Waals surface area contributed by atoms with E-state index in [9.17, 15) is 9.59 Å². The molecule has 8 nitrogen and oxygen atoms in total. The molecule has 1 spiro atoms. The summed E-state index contributed by atoms with van der Waals surface area (Å²) in [7, 11) is 3.33. The zero-order valence-corrected chi connectivity index (χ0v) is 21.6. The molecule has 0 N–H and O–H groups in total. The van der Waals surface area contributed by atoms with Crippen molar-refractivity contribution in [2.75, 3.05) is 52.0 Å². The molecule has 190 valence electrons. The molecule has 0 atom stereocenters. The Morgan fingerprint density at radius 1 is 1.11 bits per heavy atom. The Morgan fingerprint density at radius 2 is 1.86 bits per heavy atom.